The Balaban J connectivity index is 0.00000225. The molecule has 0 bridgehead atoms. The normalized spacial score (nSPS) is 18.2. The summed E-state index contributed by atoms with van der Waals surface area (Å²) in [6.07, 6.45) is 1.33. The number of fused-ring (bicyclic) bond motifs is 1. The Morgan fingerprint density at radius 2 is 1.96 bits per heavy atom. The van der Waals surface area contributed by atoms with Crippen LogP contribution in [0.4, 0.5) is 0 Å². The largest absolute Gasteiger partial charge is 0.364 e. The minimum Gasteiger partial charge on any atom is -0.364 e. The van der Waals surface area contributed by atoms with Crippen LogP contribution in [0, 0.1) is 0 Å². The zero-order chi connectivity index (χ0) is 18.6. The molecule has 1 fully saturated rings. The maximum absolute atomic E-state index is 13.1. The molecule has 1 N–H and O–H groups in total. The van der Waals surface area contributed by atoms with E-state index in [2.05, 4.69) is 20.1 Å². The molecule has 1 saturated heterocycles. The molecular weight excluding hydrogens is 378 g/mol. The molecule has 2 aromatic rings. The van der Waals surface area contributed by atoms with E-state index in [-0.39, 0.29) is 18.3 Å². The Kier molecular flexibility index (Phi) is 7.04. The monoisotopic (exact) mass is 405 g/mol. The van der Waals surface area contributed by atoms with Crippen LogP contribution in [-0.4, -0.2) is 51.8 Å². The fraction of sp³-hybridized carbons (Fsp3) is 0.550. The molecule has 8 heteroatoms. The first kappa shape index (κ1) is 20.8. The Bertz CT molecular complexity index is 774. The molecule has 0 spiro atoms. The van der Waals surface area contributed by atoms with Crippen molar-refractivity contribution in [1.29, 1.82) is 0 Å². The number of ether oxygens (including phenoxy) is 1. The summed E-state index contributed by atoms with van der Waals surface area (Å²) in [7, 11) is 0. The van der Waals surface area contributed by atoms with E-state index in [1.165, 1.54) is 0 Å². The molecule has 1 amide bonds. The van der Waals surface area contributed by atoms with Crippen LogP contribution in [0.3, 0.4) is 0 Å². The number of carbonyl (C=O) groups is 1. The molecule has 28 heavy (non-hydrogen) atoms. The molecule has 1 unspecified atom stereocenters. The number of likely N-dealkylation sites (tertiary alicyclic amines) is 1. The van der Waals surface area contributed by atoms with Crippen molar-refractivity contribution in [2.45, 2.75) is 44.9 Å². The number of amides is 1. The van der Waals surface area contributed by atoms with Crippen molar-refractivity contribution >= 4 is 18.3 Å². The fourth-order valence-corrected chi connectivity index (χ4v) is 4.05. The average Bonchev–Trinajstić information content (AvgIpc) is 3.16. The number of benzene rings is 1. The van der Waals surface area contributed by atoms with Crippen molar-refractivity contribution in [2.75, 3.05) is 26.2 Å². The number of rotatable bonds is 5. The maximum Gasteiger partial charge on any atom is 0.256 e. The Morgan fingerprint density at radius 3 is 2.68 bits per heavy atom. The summed E-state index contributed by atoms with van der Waals surface area (Å²) in [5, 5.41) is 12.1. The van der Waals surface area contributed by atoms with Crippen LogP contribution in [0.2, 0.25) is 0 Å². The number of nitrogens with zero attached hydrogens (tertiary/aromatic N) is 4. The van der Waals surface area contributed by atoms with Gasteiger partial charge in [0.25, 0.3) is 5.91 Å². The molecule has 7 nitrogen and oxygen atoms in total. The first-order chi connectivity index (χ1) is 13.3. The standard InChI is InChI=1S/C20H27N5O2.ClH/c1-2-27-18(15-6-4-3-5-7-15)20(26)24-11-8-16(9-12-24)19-23-22-17-14-21-10-13-25(17)19;/h3-7,16,18,21H,2,8-14H2,1H3;1H. The van der Waals surface area contributed by atoms with Gasteiger partial charge in [-0.25, -0.2) is 0 Å². The van der Waals surface area contributed by atoms with Gasteiger partial charge in [0.05, 0.1) is 6.54 Å². The summed E-state index contributed by atoms with van der Waals surface area (Å²) >= 11 is 0. The Labute approximate surface area is 171 Å². The second-order valence-electron chi connectivity index (χ2n) is 7.15. The van der Waals surface area contributed by atoms with Gasteiger partial charge in [0.1, 0.15) is 11.6 Å². The number of piperidine rings is 1. The smallest absolute Gasteiger partial charge is 0.256 e. The molecule has 2 aliphatic rings. The van der Waals surface area contributed by atoms with E-state index in [1.807, 2.05) is 42.2 Å². The lowest BCUT2D eigenvalue weighted by Gasteiger charge is -2.34. The predicted octanol–water partition coefficient (Wildman–Crippen LogP) is 2.29. The second-order valence-corrected chi connectivity index (χ2v) is 7.15. The van der Waals surface area contributed by atoms with Crippen molar-refractivity contribution < 1.29 is 9.53 Å². The first-order valence-electron chi connectivity index (χ1n) is 9.86. The van der Waals surface area contributed by atoms with Crippen LogP contribution in [0.15, 0.2) is 30.3 Å². The van der Waals surface area contributed by atoms with Crippen molar-refractivity contribution in [3.63, 3.8) is 0 Å². The minimum atomic E-state index is -0.514. The molecule has 1 atom stereocenters. The topological polar surface area (TPSA) is 72.3 Å². The van der Waals surface area contributed by atoms with E-state index >= 15 is 0 Å². The van der Waals surface area contributed by atoms with Crippen molar-refractivity contribution in [3.05, 3.63) is 47.5 Å². The van der Waals surface area contributed by atoms with Gasteiger partial charge in [-0.15, -0.1) is 22.6 Å². The lowest BCUT2D eigenvalue weighted by molar-refractivity contribution is -0.145. The van der Waals surface area contributed by atoms with Gasteiger partial charge in [-0.3, -0.25) is 4.79 Å². The minimum absolute atomic E-state index is 0. The summed E-state index contributed by atoms with van der Waals surface area (Å²) in [5.41, 5.74) is 0.922. The number of halogens is 1. The van der Waals surface area contributed by atoms with Gasteiger partial charge >= 0.3 is 0 Å². The number of hydrogen-bond acceptors (Lipinski definition) is 5. The average molecular weight is 406 g/mol. The predicted molar refractivity (Wildman–Crippen MR) is 108 cm³/mol. The first-order valence-corrected chi connectivity index (χ1v) is 9.86. The molecule has 0 saturated carbocycles. The van der Waals surface area contributed by atoms with E-state index < -0.39 is 6.10 Å². The molecule has 1 aromatic carbocycles. The molecule has 2 aliphatic heterocycles. The van der Waals surface area contributed by atoms with Crippen LogP contribution < -0.4 is 5.32 Å². The summed E-state index contributed by atoms with van der Waals surface area (Å²) in [6.45, 7) is 6.60. The zero-order valence-electron chi connectivity index (χ0n) is 16.2. The van der Waals surface area contributed by atoms with Crippen LogP contribution >= 0.6 is 12.4 Å². The zero-order valence-corrected chi connectivity index (χ0v) is 17.0. The van der Waals surface area contributed by atoms with Crippen molar-refractivity contribution in [2.24, 2.45) is 0 Å². The molecular formula is C20H28ClN5O2. The van der Waals surface area contributed by atoms with Crippen molar-refractivity contribution in [1.82, 2.24) is 25.0 Å². The van der Waals surface area contributed by atoms with E-state index in [9.17, 15) is 4.79 Å². The van der Waals surface area contributed by atoms with Gasteiger partial charge in [-0.1, -0.05) is 30.3 Å². The van der Waals surface area contributed by atoms with Crippen LogP contribution in [0.25, 0.3) is 0 Å². The van der Waals surface area contributed by atoms with Gasteiger partial charge < -0.3 is 19.5 Å². The third-order valence-electron chi connectivity index (χ3n) is 5.48. The highest BCUT2D eigenvalue weighted by Crippen LogP contribution is 2.30. The Hall–Kier alpha value is -1.96. The fourth-order valence-electron chi connectivity index (χ4n) is 4.05. The molecule has 0 radical (unpaired) electrons. The molecule has 3 heterocycles. The van der Waals surface area contributed by atoms with E-state index in [4.69, 9.17) is 4.74 Å². The van der Waals surface area contributed by atoms with Crippen molar-refractivity contribution in [3.8, 4) is 0 Å². The third kappa shape index (κ3) is 4.21. The second kappa shape index (κ2) is 9.49. The van der Waals surface area contributed by atoms with Gasteiger partial charge in [0.15, 0.2) is 6.10 Å². The van der Waals surface area contributed by atoms with E-state index in [1.54, 1.807) is 0 Å². The number of hydrogen-bond donors (Lipinski definition) is 1. The Morgan fingerprint density at radius 1 is 1.21 bits per heavy atom. The quantitative estimate of drug-likeness (QED) is 0.826. The molecule has 4 rings (SSSR count). The number of aromatic nitrogens is 3. The highest BCUT2D eigenvalue weighted by Gasteiger charge is 2.32. The summed E-state index contributed by atoms with van der Waals surface area (Å²) in [5.74, 6) is 2.54. The molecule has 1 aromatic heterocycles. The van der Waals surface area contributed by atoms with Crippen LogP contribution in [0.1, 0.15) is 49.0 Å². The summed E-state index contributed by atoms with van der Waals surface area (Å²) in [6, 6.07) is 9.77. The van der Waals surface area contributed by atoms with Gasteiger partial charge in [-0.2, -0.15) is 0 Å². The maximum atomic E-state index is 13.1. The third-order valence-corrected chi connectivity index (χ3v) is 5.48. The molecule has 152 valence electrons. The van der Waals surface area contributed by atoms with Crippen LogP contribution in [0.5, 0.6) is 0 Å². The van der Waals surface area contributed by atoms with Gasteiger partial charge in [0, 0.05) is 38.7 Å². The lowest BCUT2D eigenvalue weighted by Crippen LogP contribution is -2.42. The highest BCUT2D eigenvalue weighted by molar-refractivity contribution is 5.85. The van der Waals surface area contributed by atoms with Gasteiger partial charge in [0.2, 0.25) is 0 Å². The number of carbonyl (C=O) groups excluding carboxylic acids is 1. The van der Waals surface area contributed by atoms with E-state index in [0.29, 0.717) is 12.5 Å². The number of nitrogens with one attached hydrogen (secondary N) is 1. The van der Waals surface area contributed by atoms with Crippen LogP contribution in [-0.2, 0) is 22.6 Å². The summed E-state index contributed by atoms with van der Waals surface area (Å²) in [4.78, 5) is 15.0. The summed E-state index contributed by atoms with van der Waals surface area (Å²) < 4.78 is 8.05. The SMILES string of the molecule is CCOC(C(=O)N1CCC(c2nnc3n2CCNC3)CC1)c1ccccc1.Cl. The highest BCUT2D eigenvalue weighted by atomic mass is 35.5. The van der Waals surface area contributed by atoms with E-state index in [0.717, 1.165) is 62.8 Å². The molecule has 0 aliphatic carbocycles. The van der Waals surface area contributed by atoms with Gasteiger partial charge in [-0.05, 0) is 25.3 Å². The lowest BCUT2D eigenvalue weighted by atomic mass is 9.95.